The van der Waals surface area contributed by atoms with E-state index >= 15 is 0 Å². The zero-order chi connectivity index (χ0) is 13.2. The summed E-state index contributed by atoms with van der Waals surface area (Å²) < 4.78 is 5.88. The van der Waals surface area contributed by atoms with Crippen molar-refractivity contribution in [2.24, 2.45) is 5.16 Å². The molecule has 0 aliphatic carbocycles. The van der Waals surface area contributed by atoms with Gasteiger partial charge in [0, 0.05) is 1.43 Å². The molecule has 1 heterocycles. The molecule has 1 aliphatic heterocycles. The van der Waals surface area contributed by atoms with Crippen molar-refractivity contribution in [1.82, 2.24) is 0 Å². The number of ether oxygens (including phenoxy) is 1. The third-order valence-electron chi connectivity index (χ3n) is 3.44. The van der Waals surface area contributed by atoms with E-state index in [1.165, 1.54) is 22.9 Å². The standard InChI is InChI=1S/C16H15NO2.H2/c1-11-2-5-13(6-3-11)16-15-7-4-12(9-17-18)8-14(15)10-19-16;/h2-9,16,18H,10H2,1H3;1H/b17-9+;. The van der Waals surface area contributed by atoms with Gasteiger partial charge in [0.15, 0.2) is 0 Å². The highest BCUT2D eigenvalue weighted by Crippen LogP contribution is 2.36. The van der Waals surface area contributed by atoms with Crippen LogP contribution in [0.4, 0.5) is 0 Å². The molecule has 0 spiro atoms. The van der Waals surface area contributed by atoms with Gasteiger partial charge in [-0.05, 0) is 35.2 Å². The number of hydrogen-bond donors (Lipinski definition) is 1. The first-order valence-corrected chi connectivity index (χ1v) is 6.26. The Kier molecular flexibility index (Phi) is 3.05. The van der Waals surface area contributed by atoms with Crippen molar-refractivity contribution in [2.45, 2.75) is 19.6 Å². The van der Waals surface area contributed by atoms with E-state index < -0.39 is 0 Å². The van der Waals surface area contributed by atoms with Crippen LogP contribution in [0.2, 0.25) is 0 Å². The van der Waals surface area contributed by atoms with Crippen LogP contribution in [-0.2, 0) is 11.3 Å². The number of aryl methyl sites for hydroxylation is 1. The third-order valence-corrected chi connectivity index (χ3v) is 3.44. The number of hydrogen-bond acceptors (Lipinski definition) is 3. The van der Waals surface area contributed by atoms with Gasteiger partial charge in [-0.15, -0.1) is 0 Å². The first kappa shape index (κ1) is 11.9. The molecule has 1 aliphatic rings. The molecule has 0 saturated carbocycles. The van der Waals surface area contributed by atoms with E-state index in [0.29, 0.717) is 6.61 Å². The Balaban J connectivity index is 0.00000147. The zero-order valence-electron chi connectivity index (χ0n) is 10.7. The lowest BCUT2D eigenvalue weighted by Crippen LogP contribution is -1.98. The highest BCUT2D eigenvalue weighted by Gasteiger charge is 2.24. The Morgan fingerprint density at radius 2 is 2.05 bits per heavy atom. The fraction of sp³-hybridized carbons (Fsp3) is 0.188. The van der Waals surface area contributed by atoms with Gasteiger partial charge >= 0.3 is 0 Å². The lowest BCUT2D eigenvalue weighted by Gasteiger charge is -2.12. The number of rotatable bonds is 2. The molecule has 0 amide bonds. The van der Waals surface area contributed by atoms with E-state index in [-0.39, 0.29) is 7.53 Å². The van der Waals surface area contributed by atoms with Gasteiger partial charge in [0.05, 0.1) is 12.8 Å². The van der Waals surface area contributed by atoms with E-state index in [2.05, 4.69) is 36.3 Å². The molecule has 0 aromatic heterocycles. The van der Waals surface area contributed by atoms with Crippen LogP contribution in [-0.4, -0.2) is 11.4 Å². The number of fused-ring (bicyclic) bond motifs is 1. The maximum atomic E-state index is 8.56. The number of nitrogens with zero attached hydrogens (tertiary/aromatic N) is 1. The molecular weight excluding hydrogens is 238 g/mol. The Morgan fingerprint density at radius 1 is 1.26 bits per heavy atom. The molecule has 2 aromatic rings. The van der Waals surface area contributed by atoms with Crippen LogP contribution in [0, 0.1) is 6.92 Å². The summed E-state index contributed by atoms with van der Waals surface area (Å²) in [5.74, 6) is 0. The number of benzene rings is 2. The summed E-state index contributed by atoms with van der Waals surface area (Å²) in [6.07, 6.45) is 1.44. The van der Waals surface area contributed by atoms with E-state index in [4.69, 9.17) is 9.94 Å². The second kappa shape index (κ2) is 4.86. The van der Waals surface area contributed by atoms with Gasteiger partial charge in [-0.25, -0.2) is 0 Å². The van der Waals surface area contributed by atoms with Crippen LogP contribution in [0.25, 0.3) is 0 Å². The van der Waals surface area contributed by atoms with Gasteiger partial charge in [-0.3, -0.25) is 0 Å². The summed E-state index contributed by atoms with van der Waals surface area (Å²) >= 11 is 0. The fourth-order valence-electron chi connectivity index (χ4n) is 2.43. The summed E-state index contributed by atoms with van der Waals surface area (Å²) in [5.41, 5.74) is 5.65. The van der Waals surface area contributed by atoms with Crippen molar-refractivity contribution in [2.75, 3.05) is 0 Å². The average Bonchev–Trinajstić information content (AvgIpc) is 2.83. The summed E-state index contributed by atoms with van der Waals surface area (Å²) in [7, 11) is 0. The van der Waals surface area contributed by atoms with Gasteiger partial charge in [-0.1, -0.05) is 47.1 Å². The van der Waals surface area contributed by atoms with Crippen LogP contribution < -0.4 is 0 Å². The molecule has 1 N–H and O–H groups in total. The van der Waals surface area contributed by atoms with E-state index in [1.807, 2.05) is 18.2 Å². The maximum Gasteiger partial charge on any atom is 0.108 e. The van der Waals surface area contributed by atoms with Crippen LogP contribution in [0.15, 0.2) is 47.6 Å². The Labute approximate surface area is 113 Å². The molecular formula is C16H17NO2. The first-order chi connectivity index (χ1) is 9.28. The van der Waals surface area contributed by atoms with Crippen LogP contribution in [0.1, 0.15) is 35.3 Å². The predicted octanol–water partition coefficient (Wildman–Crippen LogP) is 3.67. The molecule has 1 unspecified atom stereocenters. The van der Waals surface area contributed by atoms with Crippen molar-refractivity contribution < 1.29 is 11.4 Å². The van der Waals surface area contributed by atoms with Crippen molar-refractivity contribution in [3.8, 4) is 0 Å². The molecule has 2 aromatic carbocycles. The van der Waals surface area contributed by atoms with Crippen molar-refractivity contribution in [3.63, 3.8) is 0 Å². The molecule has 98 valence electrons. The molecule has 0 fully saturated rings. The van der Waals surface area contributed by atoms with Crippen molar-refractivity contribution in [1.29, 1.82) is 0 Å². The summed E-state index contributed by atoms with van der Waals surface area (Å²) in [5, 5.41) is 11.6. The minimum atomic E-state index is 0. The lowest BCUT2D eigenvalue weighted by molar-refractivity contribution is 0.0939. The molecule has 3 rings (SSSR count). The second-order valence-electron chi connectivity index (χ2n) is 4.80. The monoisotopic (exact) mass is 255 g/mol. The smallest absolute Gasteiger partial charge is 0.108 e. The van der Waals surface area contributed by atoms with Gasteiger partial charge in [0.2, 0.25) is 0 Å². The van der Waals surface area contributed by atoms with E-state index in [1.54, 1.807) is 0 Å². The molecule has 1 atom stereocenters. The molecule has 0 radical (unpaired) electrons. The second-order valence-corrected chi connectivity index (χ2v) is 4.80. The normalized spacial score (nSPS) is 17.8. The molecule has 19 heavy (non-hydrogen) atoms. The molecule has 3 heteroatoms. The van der Waals surface area contributed by atoms with Crippen LogP contribution >= 0.6 is 0 Å². The minimum absolute atomic E-state index is 0. The van der Waals surface area contributed by atoms with Gasteiger partial charge in [0.1, 0.15) is 6.10 Å². The largest absolute Gasteiger partial charge is 0.411 e. The van der Waals surface area contributed by atoms with E-state index in [0.717, 1.165) is 11.1 Å². The zero-order valence-corrected chi connectivity index (χ0v) is 10.7. The summed E-state index contributed by atoms with van der Waals surface area (Å²) in [6, 6.07) is 14.4. The average molecular weight is 255 g/mol. The summed E-state index contributed by atoms with van der Waals surface area (Å²) in [4.78, 5) is 0. The lowest BCUT2D eigenvalue weighted by atomic mass is 9.97. The van der Waals surface area contributed by atoms with Crippen molar-refractivity contribution >= 4 is 6.21 Å². The minimum Gasteiger partial charge on any atom is -0.411 e. The Morgan fingerprint density at radius 3 is 2.79 bits per heavy atom. The topological polar surface area (TPSA) is 41.8 Å². The Hall–Kier alpha value is -2.13. The Bertz CT molecular complexity index is 623. The molecule has 0 bridgehead atoms. The highest BCUT2D eigenvalue weighted by atomic mass is 16.5. The first-order valence-electron chi connectivity index (χ1n) is 6.26. The fourth-order valence-corrected chi connectivity index (χ4v) is 2.43. The third kappa shape index (κ3) is 2.25. The maximum absolute atomic E-state index is 8.56. The highest BCUT2D eigenvalue weighted by molar-refractivity contribution is 5.79. The van der Waals surface area contributed by atoms with Crippen LogP contribution in [0.3, 0.4) is 0 Å². The quantitative estimate of drug-likeness (QED) is 0.505. The summed E-state index contributed by atoms with van der Waals surface area (Å²) in [6.45, 7) is 2.68. The molecule has 3 nitrogen and oxygen atoms in total. The van der Waals surface area contributed by atoms with Crippen LogP contribution in [0.5, 0.6) is 0 Å². The molecule has 0 saturated heterocycles. The number of oxime groups is 1. The van der Waals surface area contributed by atoms with Gasteiger partial charge in [-0.2, -0.15) is 0 Å². The van der Waals surface area contributed by atoms with E-state index in [9.17, 15) is 0 Å². The predicted molar refractivity (Wildman–Crippen MR) is 75.7 cm³/mol. The SMILES string of the molecule is Cc1ccc(C2OCc3cc(/C=N/O)ccc32)cc1.[HH]. The van der Waals surface area contributed by atoms with Crippen molar-refractivity contribution in [3.05, 3.63) is 70.3 Å². The van der Waals surface area contributed by atoms with Gasteiger partial charge < -0.3 is 9.94 Å². The van der Waals surface area contributed by atoms with Gasteiger partial charge in [0.25, 0.3) is 0 Å².